The minimum atomic E-state index is -4.38. The van der Waals surface area contributed by atoms with E-state index in [1.807, 2.05) is 24.3 Å². The average Bonchev–Trinajstić information content (AvgIpc) is 3.17. The molecule has 9 heteroatoms. The molecule has 1 aliphatic rings. The molecule has 1 aromatic heterocycles. The number of benzene rings is 2. The second-order valence-electron chi connectivity index (χ2n) is 8.14. The summed E-state index contributed by atoms with van der Waals surface area (Å²) in [6.45, 7) is 3.67. The number of hydrogen-bond acceptors (Lipinski definition) is 6. The van der Waals surface area contributed by atoms with Crippen molar-refractivity contribution < 1.29 is 31.9 Å². The third-order valence-corrected chi connectivity index (χ3v) is 5.87. The summed E-state index contributed by atoms with van der Waals surface area (Å²) in [5, 5.41) is 0. The van der Waals surface area contributed by atoms with E-state index >= 15 is 0 Å². The largest absolute Gasteiger partial charge is 0.493 e. The number of likely N-dealkylation sites (tertiary alicyclic amines) is 1. The summed E-state index contributed by atoms with van der Waals surface area (Å²) in [7, 11) is 1.40. The third kappa shape index (κ3) is 5.41. The number of carbonyl (C=O) groups excluding carboxylic acids is 1. The van der Waals surface area contributed by atoms with Gasteiger partial charge in [-0.15, -0.1) is 0 Å². The first kappa shape index (κ1) is 23.8. The van der Waals surface area contributed by atoms with E-state index in [1.54, 1.807) is 6.92 Å². The Bertz CT molecular complexity index is 1120. The van der Waals surface area contributed by atoms with Crippen molar-refractivity contribution in [3.63, 3.8) is 0 Å². The van der Waals surface area contributed by atoms with Crippen LogP contribution in [0.25, 0.3) is 11.5 Å². The van der Waals surface area contributed by atoms with Crippen LogP contribution in [0.4, 0.5) is 13.2 Å². The third-order valence-electron chi connectivity index (χ3n) is 5.87. The summed E-state index contributed by atoms with van der Waals surface area (Å²) in [4.78, 5) is 18.2. The summed E-state index contributed by atoms with van der Waals surface area (Å²) in [5.41, 5.74) is 1.54. The predicted molar refractivity (Wildman–Crippen MR) is 118 cm³/mol. The molecule has 2 aromatic carbocycles. The number of methoxy groups -OCH3 is 1. The number of aromatic nitrogens is 1. The number of oxazole rings is 1. The van der Waals surface area contributed by atoms with Crippen LogP contribution in [0.1, 0.15) is 29.0 Å². The Labute approximate surface area is 195 Å². The van der Waals surface area contributed by atoms with Crippen molar-refractivity contribution in [1.29, 1.82) is 0 Å². The maximum atomic E-state index is 12.8. The van der Waals surface area contributed by atoms with E-state index in [0.717, 1.165) is 30.7 Å². The number of carbonyl (C=O) groups is 1. The second kappa shape index (κ2) is 9.89. The number of rotatable bonds is 8. The maximum absolute atomic E-state index is 12.8. The minimum absolute atomic E-state index is 0.168. The van der Waals surface area contributed by atoms with Crippen LogP contribution in [0, 0.1) is 6.92 Å². The molecule has 34 heavy (non-hydrogen) atoms. The Kier molecular flexibility index (Phi) is 6.92. The lowest BCUT2D eigenvalue weighted by Gasteiger charge is -2.38. The van der Waals surface area contributed by atoms with Gasteiger partial charge in [-0.2, -0.15) is 13.2 Å². The molecule has 0 aliphatic carbocycles. The molecule has 1 unspecified atom stereocenters. The molecule has 180 valence electrons. The molecule has 4 rings (SSSR count). The van der Waals surface area contributed by atoms with E-state index in [4.69, 9.17) is 13.9 Å². The van der Waals surface area contributed by atoms with Crippen molar-refractivity contribution >= 4 is 5.97 Å². The molecule has 3 aromatic rings. The monoisotopic (exact) mass is 474 g/mol. The molecule has 1 aliphatic heterocycles. The number of hydrogen-bond donors (Lipinski definition) is 0. The van der Waals surface area contributed by atoms with Gasteiger partial charge in [0.1, 0.15) is 17.6 Å². The van der Waals surface area contributed by atoms with Gasteiger partial charge in [0.25, 0.3) is 0 Å². The Hall–Kier alpha value is -3.33. The van der Waals surface area contributed by atoms with Gasteiger partial charge >= 0.3 is 12.1 Å². The number of halogens is 3. The van der Waals surface area contributed by atoms with Gasteiger partial charge in [-0.3, -0.25) is 9.69 Å². The Morgan fingerprint density at radius 2 is 1.85 bits per heavy atom. The molecule has 0 N–H and O–H groups in total. The van der Waals surface area contributed by atoms with E-state index < -0.39 is 11.7 Å². The van der Waals surface area contributed by atoms with Gasteiger partial charge in [0, 0.05) is 25.1 Å². The van der Waals surface area contributed by atoms with Crippen LogP contribution in [0.3, 0.4) is 0 Å². The smallest absolute Gasteiger partial charge is 0.416 e. The predicted octanol–water partition coefficient (Wildman–Crippen LogP) is 5.04. The minimum Gasteiger partial charge on any atom is -0.493 e. The van der Waals surface area contributed by atoms with Crippen LogP contribution in [0.15, 0.2) is 52.9 Å². The molecule has 1 atom stereocenters. The highest BCUT2D eigenvalue weighted by Gasteiger charge is 2.34. The zero-order valence-electron chi connectivity index (χ0n) is 18.9. The van der Waals surface area contributed by atoms with Crippen molar-refractivity contribution in [1.82, 2.24) is 9.88 Å². The lowest BCUT2D eigenvalue weighted by atomic mass is 10.0. The zero-order valence-corrected chi connectivity index (χ0v) is 18.9. The van der Waals surface area contributed by atoms with Gasteiger partial charge in [-0.1, -0.05) is 12.1 Å². The van der Waals surface area contributed by atoms with Crippen molar-refractivity contribution in [3.05, 3.63) is 71.1 Å². The van der Waals surface area contributed by atoms with Crippen molar-refractivity contribution in [2.45, 2.75) is 38.5 Å². The highest BCUT2D eigenvalue weighted by atomic mass is 19.4. The first-order valence-corrected chi connectivity index (χ1v) is 10.9. The number of esters is 1. The summed E-state index contributed by atoms with van der Waals surface area (Å²) in [5.74, 6) is 1.39. The number of aryl methyl sites for hydroxylation is 1. The van der Waals surface area contributed by atoms with E-state index in [0.29, 0.717) is 42.3 Å². The molecule has 2 heterocycles. The SMILES string of the molecule is COC(=O)C1CCN1Cc1ccc(OCCc2nc(-c3ccc(C(F)(F)F)cc3)oc2C)cc1. The van der Waals surface area contributed by atoms with Crippen LogP contribution >= 0.6 is 0 Å². The molecule has 1 saturated heterocycles. The standard InChI is InChI=1S/C25H25F3N2O4/c1-16-21(29-23(34-16)18-5-7-19(8-6-18)25(26,27)28)12-14-33-20-9-3-17(4-10-20)15-30-13-11-22(30)24(31)32-2/h3-10,22H,11-15H2,1-2H3. The Morgan fingerprint density at radius 3 is 2.44 bits per heavy atom. The fourth-order valence-electron chi connectivity index (χ4n) is 3.81. The molecule has 6 nitrogen and oxygen atoms in total. The zero-order chi connectivity index (χ0) is 24.3. The molecule has 1 fully saturated rings. The highest BCUT2D eigenvalue weighted by Crippen LogP contribution is 2.31. The molecular weight excluding hydrogens is 449 g/mol. The summed E-state index contributed by atoms with van der Waals surface area (Å²) >= 11 is 0. The quantitative estimate of drug-likeness (QED) is 0.427. The fourth-order valence-corrected chi connectivity index (χ4v) is 3.81. The number of nitrogens with zero attached hydrogens (tertiary/aromatic N) is 2. The summed E-state index contributed by atoms with van der Waals surface area (Å²) in [6.07, 6.45) is -3.08. The lowest BCUT2D eigenvalue weighted by Crippen LogP contribution is -2.52. The van der Waals surface area contributed by atoms with E-state index in [1.165, 1.54) is 19.2 Å². The molecular formula is C25H25F3N2O4. The lowest BCUT2D eigenvalue weighted by molar-refractivity contribution is -0.152. The van der Waals surface area contributed by atoms with Gasteiger partial charge in [0.2, 0.25) is 5.89 Å². The van der Waals surface area contributed by atoms with Gasteiger partial charge in [-0.25, -0.2) is 4.98 Å². The molecule has 0 saturated carbocycles. The van der Waals surface area contributed by atoms with Gasteiger partial charge < -0.3 is 13.9 Å². The Balaban J connectivity index is 1.29. The maximum Gasteiger partial charge on any atom is 0.416 e. The van der Waals surface area contributed by atoms with Crippen LogP contribution in [-0.4, -0.2) is 42.2 Å². The van der Waals surface area contributed by atoms with Gasteiger partial charge in [0.15, 0.2) is 0 Å². The van der Waals surface area contributed by atoms with Gasteiger partial charge in [-0.05, 0) is 55.3 Å². The van der Waals surface area contributed by atoms with Crippen molar-refractivity contribution in [3.8, 4) is 17.2 Å². The molecule has 0 spiro atoms. The average molecular weight is 474 g/mol. The number of ether oxygens (including phenoxy) is 2. The van der Waals surface area contributed by atoms with Crippen LogP contribution in [0.5, 0.6) is 5.75 Å². The molecule has 0 radical (unpaired) electrons. The summed E-state index contributed by atoms with van der Waals surface area (Å²) in [6, 6.07) is 12.2. The Morgan fingerprint density at radius 1 is 1.15 bits per heavy atom. The van der Waals surface area contributed by atoms with Crippen LogP contribution < -0.4 is 4.74 Å². The van der Waals surface area contributed by atoms with Crippen LogP contribution in [-0.2, 0) is 28.7 Å². The summed E-state index contributed by atoms with van der Waals surface area (Å²) < 4.78 is 54.5. The van der Waals surface area contributed by atoms with Crippen molar-refractivity contribution in [2.75, 3.05) is 20.3 Å². The normalized spacial score (nSPS) is 16.2. The number of alkyl halides is 3. The van der Waals surface area contributed by atoms with E-state index in [9.17, 15) is 18.0 Å². The first-order valence-electron chi connectivity index (χ1n) is 10.9. The van der Waals surface area contributed by atoms with Crippen molar-refractivity contribution in [2.24, 2.45) is 0 Å². The van der Waals surface area contributed by atoms with E-state index in [-0.39, 0.29) is 17.9 Å². The van der Waals surface area contributed by atoms with Gasteiger partial charge in [0.05, 0.1) is 25.0 Å². The topological polar surface area (TPSA) is 64.8 Å². The molecule has 0 amide bonds. The fraction of sp³-hybridized carbons (Fsp3) is 0.360. The molecule has 0 bridgehead atoms. The second-order valence-corrected chi connectivity index (χ2v) is 8.14. The first-order chi connectivity index (χ1) is 16.2. The van der Waals surface area contributed by atoms with Crippen LogP contribution in [0.2, 0.25) is 0 Å². The highest BCUT2D eigenvalue weighted by molar-refractivity contribution is 5.76. The van der Waals surface area contributed by atoms with E-state index in [2.05, 4.69) is 9.88 Å².